The van der Waals surface area contributed by atoms with Crippen LogP contribution in [0.15, 0.2) is 10.7 Å². The summed E-state index contributed by atoms with van der Waals surface area (Å²) in [6.07, 6.45) is 6.98. The molecular weight excluding hydrogens is 250 g/mol. The Morgan fingerprint density at radius 2 is 2.05 bits per heavy atom. The highest BCUT2D eigenvalue weighted by Gasteiger charge is 2.22. The molecule has 1 aromatic rings. The number of hydrogen-bond donors (Lipinski definition) is 1. The maximum absolute atomic E-state index is 5.64. The lowest BCUT2D eigenvalue weighted by atomic mass is 9.93. The van der Waals surface area contributed by atoms with Crippen molar-refractivity contribution < 1.29 is 4.42 Å². The molecule has 4 heteroatoms. The molecule has 1 aliphatic heterocycles. The molecule has 0 atom stereocenters. The van der Waals surface area contributed by atoms with Crippen molar-refractivity contribution in [3.05, 3.63) is 12.0 Å². The van der Waals surface area contributed by atoms with Crippen molar-refractivity contribution in [3.63, 3.8) is 0 Å². The second-order valence-corrected chi connectivity index (χ2v) is 6.94. The van der Waals surface area contributed by atoms with Gasteiger partial charge >= 0.3 is 0 Å². The Kier molecular flexibility index (Phi) is 5.08. The van der Waals surface area contributed by atoms with Gasteiger partial charge in [-0.2, -0.15) is 4.98 Å². The second kappa shape index (κ2) is 6.61. The van der Waals surface area contributed by atoms with Crippen LogP contribution < -0.4 is 10.2 Å². The smallest absolute Gasteiger partial charge is 0.297 e. The number of aromatic nitrogens is 1. The highest BCUT2D eigenvalue weighted by molar-refractivity contribution is 5.27. The molecule has 0 unspecified atom stereocenters. The normalized spacial score (nSPS) is 17.7. The first-order chi connectivity index (χ1) is 9.48. The summed E-state index contributed by atoms with van der Waals surface area (Å²) in [7, 11) is 0. The van der Waals surface area contributed by atoms with E-state index in [1.807, 2.05) is 0 Å². The summed E-state index contributed by atoms with van der Waals surface area (Å²) in [6.45, 7) is 11.7. The van der Waals surface area contributed by atoms with Gasteiger partial charge in [0.15, 0.2) is 0 Å². The predicted molar refractivity (Wildman–Crippen MR) is 82.9 cm³/mol. The monoisotopic (exact) mass is 279 g/mol. The van der Waals surface area contributed by atoms with E-state index in [4.69, 9.17) is 4.42 Å². The molecule has 0 aromatic carbocycles. The Bertz CT molecular complexity index is 400. The van der Waals surface area contributed by atoms with Gasteiger partial charge < -0.3 is 14.6 Å². The molecule has 4 nitrogen and oxygen atoms in total. The third-order valence-corrected chi connectivity index (χ3v) is 3.92. The standard InChI is InChI=1S/C16H29N3O/c1-5-6-13-7-9-19(10-8-13)15-18-14(12-20-15)11-17-16(2,3)4/h12-13,17H,5-11H2,1-4H3. The molecule has 0 amide bonds. The van der Waals surface area contributed by atoms with E-state index < -0.39 is 0 Å². The van der Waals surface area contributed by atoms with E-state index in [0.29, 0.717) is 0 Å². The Hall–Kier alpha value is -1.03. The Morgan fingerprint density at radius 1 is 1.35 bits per heavy atom. The summed E-state index contributed by atoms with van der Waals surface area (Å²) in [5.41, 5.74) is 1.10. The first kappa shape index (κ1) is 15.4. The molecule has 114 valence electrons. The average molecular weight is 279 g/mol. The topological polar surface area (TPSA) is 41.3 Å². The fourth-order valence-corrected chi connectivity index (χ4v) is 2.70. The van der Waals surface area contributed by atoms with Crippen LogP contribution in [0.3, 0.4) is 0 Å². The highest BCUT2D eigenvalue weighted by Crippen LogP contribution is 2.25. The van der Waals surface area contributed by atoms with Crippen LogP contribution in [0.25, 0.3) is 0 Å². The molecule has 20 heavy (non-hydrogen) atoms. The van der Waals surface area contributed by atoms with E-state index in [-0.39, 0.29) is 5.54 Å². The Labute approximate surface area is 122 Å². The number of nitrogens with zero attached hydrogens (tertiary/aromatic N) is 2. The lowest BCUT2D eigenvalue weighted by molar-refractivity contribution is 0.365. The molecule has 2 rings (SSSR count). The highest BCUT2D eigenvalue weighted by atomic mass is 16.4. The molecule has 0 saturated carbocycles. The van der Waals surface area contributed by atoms with Crippen LogP contribution in [-0.4, -0.2) is 23.6 Å². The van der Waals surface area contributed by atoms with Gasteiger partial charge in [0.25, 0.3) is 6.01 Å². The summed E-state index contributed by atoms with van der Waals surface area (Å²) in [5, 5.41) is 3.44. The van der Waals surface area contributed by atoms with Gasteiger partial charge in [-0.1, -0.05) is 19.8 Å². The van der Waals surface area contributed by atoms with Crippen LogP contribution in [0.4, 0.5) is 6.01 Å². The lowest BCUT2D eigenvalue weighted by Gasteiger charge is -2.30. The molecule has 1 N–H and O–H groups in total. The third-order valence-electron chi connectivity index (χ3n) is 3.92. The zero-order valence-corrected chi connectivity index (χ0v) is 13.4. The van der Waals surface area contributed by atoms with E-state index in [9.17, 15) is 0 Å². The van der Waals surface area contributed by atoms with Crippen LogP contribution in [0.1, 0.15) is 59.1 Å². The van der Waals surface area contributed by atoms with E-state index in [2.05, 4.69) is 42.9 Å². The molecule has 1 saturated heterocycles. The molecule has 0 radical (unpaired) electrons. The zero-order chi connectivity index (χ0) is 14.6. The van der Waals surface area contributed by atoms with Crippen molar-refractivity contribution in [3.8, 4) is 0 Å². The zero-order valence-electron chi connectivity index (χ0n) is 13.4. The number of nitrogens with one attached hydrogen (secondary N) is 1. The van der Waals surface area contributed by atoms with Crippen molar-refractivity contribution in [2.75, 3.05) is 18.0 Å². The van der Waals surface area contributed by atoms with Gasteiger partial charge in [-0.15, -0.1) is 0 Å². The fraction of sp³-hybridized carbons (Fsp3) is 0.812. The predicted octanol–water partition coefficient (Wildman–Crippen LogP) is 3.58. The number of anilines is 1. The molecular formula is C16H29N3O. The van der Waals surface area contributed by atoms with Gasteiger partial charge in [-0.25, -0.2) is 0 Å². The number of hydrogen-bond acceptors (Lipinski definition) is 4. The van der Waals surface area contributed by atoms with E-state index in [1.165, 1.54) is 25.7 Å². The fourth-order valence-electron chi connectivity index (χ4n) is 2.70. The molecule has 0 aliphatic carbocycles. The minimum atomic E-state index is 0.109. The van der Waals surface area contributed by atoms with E-state index in [0.717, 1.165) is 37.3 Å². The first-order valence-corrected chi connectivity index (χ1v) is 7.92. The van der Waals surface area contributed by atoms with Gasteiger partial charge in [0.1, 0.15) is 6.26 Å². The Balaban J connectivity index is 1.84. The molecule has 1 fully saturated rings. The largest absolute Gasteiger partial charge is 0.432 e. The van der Waals surface area contributed by atoms with Crippen molar-refractivity contribution in [2.24, 2.45) is 5.92 Å². The first-order valence-electron chi connectivity index (χ1n) is 7.92. The second-order valence-electron chi connectivity index (χ2n) is 6.94. The van der Waals surface area contributed by atoms with Gasteiger partial charge in [-0.3, -0.25) is 0 Å². The SMILES string of the molecule is CCCC1CCN(c2nc(CNC(C)(C)C)co2)CC1. The summed E-state index contributed by atoms with van der Waals surface area (Å²) >= 11 is 0. The van der Waals surface area contributed by atoms with Gasteiger partial charge in [0.05, 0.1) is 5.69 Å². The summed E-state index contributed by atoms with van der Waals surface area (Å²) in [4.78, 5) is 6.89. The minimum absolute atomic E-state index is 0.109. The number of piperidine rings is 1. The maximum Gasteiger partial charge on any atom is 0.297 e. The molecule has 2 heterocycles. The van der Waals surface area contributed by atoms with Crippen molar-refractivity contribution >= 4 is 6.01 Å². The average Bonchev–Trinajstić information content (AvgIpc) is 2.86. The quantitative estimate of drug-likeness (QED) is 0.894. The van der Waals surface area contributed by atoms with Gasteiger partial charge in [0, 0.05) is 25.2 Å². The summed E-state index contributed by atoms with van der Waals surface area (Å²) in [6, 6.07) is 0.797. The van der Waals surface area contributed by atoms with Crippen LogP contribution in [0, 0.1) is 5.92 Å². The van der Waals surface area contributed by atoms with Crippen LogP contribution >= 0.6 is 0 Å². The van der Waals surface area contributed by atoms with Gasteiger partial charge in [0.2, 0.25) is 0 Å². The molecule has 1 aromatic heterocycles. The van der Waals surface area contributed by atoms with Crippen molar-refractivity contribution in [2.45, 2.75) is 65.5 Å². The van der Waals surface area contributed by atoms with E-state index in [1.54, 1.807) is 6.26 Å². The number of rotatable bonds is 5. The summed E-state index contributed by atoms with van der Waals surface area (Å²) < 4.78 is 5.64. The molecule has 0 spiro atoms. The van der Waals surface area contributed by atoms with Crippen molar-refractivity contribution in [1.82, 2.24) is 10.3 Å². The lowest BCUT2D eigenvalue weighted by Crippen LogP contribution is -2.35. The van der Waals surface area contributed by atoms with E-state index >= 15 is 0 Å². The maximum atomic E-state index is 5.64. The van der Waals surface area contributed by atoms with Gasteiger partial charge in [-0.05, 0) is 39.5 Å². The molecule has 0 bridgehead atoms. The number of oxazole rings is 1. The van der Waals surface area contributed by atoms with Crippen molar-refractivity contribution in [1.29, 1.82) is 0 Å². The summed E-state index contributed by atoms with van der Waals surface area (Å²) in [5.74, 6) is 0.897. The van der Waals surface area contributed by atoms with Crippen LogP contribution in [0.5, 0.6) is 0 Å². The Morgan fingerprint density at radius 3 is 2.65 bits per heavy atom. The minimum Gasteiger partial charge on any atom is -0.432 e. The molecule has 1 aliphatic rings. The van der Waals surface area contributed by atoms with Crippen LogP contribution in [-0.2, 0) is 6.54 Å². The van der Waals surface area contributed by atoms with Crippen LogP contribution in [0.2, 0.25) is 0 Å². The third kappa shape index (κ3) is 4.51.